The van der Waals surface area contributed by atoms with Crippen molar-refractivity contribution in [3.8, 4) is 17.7 Å². The first-order chi connectivity index (χ1) is 10.2. The number of ether oxygens (including phenoxy) is 1. The van der Waals surface area contributed by atoms with Crippen LogP contribution in [0, 0.1) is 17.1 Å². The molecule has 0 unspecified atom stereocenters. The predicted molar refractivity (Wildman–Crippen MR) is 73.7 cm³/mol. The van der Waals surface area contributed by atoms with Gasteiger partial charge >= 0.3 is 0 Å². The Morgan fingerprint density at radius 3 is 3.00 bits per heavy atom. The SMILES string of the molecule is CNc1cn2ccnc2c(Oc2ccc(C#N)cc2F)n1. The van der Waals surface area contributed by atoms with E-state index >= 15 is 0 Å². The molecule has 2 heterocycles. The summed E-state index contributed by atoms with van der Waals surface area (Å²) >= 11 is 0. The molecule has 0 fully saturated rings. The Labute approximate surface area is 119 Å². The summed E-state index contributed by atoms with van der Waals surface area (Å²) in [5.41, 5.74) is 0.695. The summed E-state index contributed by atoms with van der Waals surface area (Å²) in [5, 5.41) is 11.6. The molecular weight excluding hydrogens is 273 g/mol. The van der Waals surface area contributed by atoms with Crippen LogP contribution in [0.5, 0.6) is 11.6 Å². The minimum absolute atomic E-state index is 0.0142. The molecule has 3 aromatic rings. The van der Waals surface area contributed by atoms with Gasteiger partial charge in [-0.1, -0.05) is 0 Å². The highest BCUT2D eigenvalue weighted by molar-refractivity contribution is 5.55. The zero-order chi connectivity index (χ0) is 14.8. The van der Waals surface area contributed by atoms with Crippen molar-refractivity contribution in [3.05, 3.63) is 48.2 Å². The molecule has 0 aliphatic rings. The maximum absolute atomic E-state index is 13.9. The predicted octanol–water partition coefficient (Wildman–Crippen LogP) is 2.57. The van der Waals surface area contributed by atoms with E-state index in [1.165, 1.54) is 12.1 Å². The Kier molecular flexibility index (Phi) is 3.12. The number of nitriles is 1. The normalized spacial score (nSPS) is 10.3. The zero-order valence-corrected chi connectivity index (χ0v) is 11.0. The number of fused-ring (bicyclic) bond motifs is 1. The van der Waals surface area contributed by atoms with Crippen molar-refractivity contribution in [3.63, 3.8) is 0 Å². The fraction of sp³-hybridized carbons (Fsp3) is 0.0714. The van der Waals surface area contributed by atoms with Crippen molar-refractivity contribution in [2.45, 2.75) is 0 Å². The molecule has 3 rings (SSSR count). The second-order valence-corrected chi connectivity index (χ2v) is 4.20. The van der Waals surface area contributed by atoms with Crippen LogP contribution in [0.15, 0.2) is 36.8 Å². The van der Waals surface area contributed by atoms with Crippen molar-refractivity contribution in [1.29, 1.82) is 5.26 Å². The molecule has 0 atom stereocenters. The fourth-order valence-electron chi connectivity index (χ4n) is 1.85. The lowest BCUT2D eigenvalue weighted by molar-refractivity contribution is 0.430. The summed E-state index contributed by atoms with van der Waals surface area (Å²) < 4.78 is 21.1. The van der Waals surface area contributed by atoms with E-state index in [-0.39, 0.29) is 17.2 Å². The second kappa shape index (κ2) is 5.09. The van der Waals surface area contributed by atoms with Gasteiger partial charge in [0, 0.05) is 19.4 Å². The Hall–Kier alpha value is -3.14. The Morgan fingerprint density at radius 1 is 1.43 bits per heavy atom. The Morgan fingerprint density at radius 2 is 2.29 bits per heavy atom. The molecule has 0 bridgehead atoms. The van der Waals surface area contributed by atoms with E-state index in [1.807, 2.05) is 6.07 Å². The summed E-state index contributed by atoms with van der Waals surface area (Å²) in [6.07, 6.45) is 5.07. The van der Waals surface area contributed by atoms with Gasteiger partial charge < -0.3 is 10.1 Å². The van der Waals surface area contributed by atoms with Gasteiger partial charge in [-0.15, -0.1) is 0 Å². The first-order valence-corrected chi connectivity index (χ1v) is 6.10. The quantitative estimate of drug-likeness (QED) is 0.799. The highest BCUT2D eigenvalue weighted by atomic mass is 19.1. The Balaban J connectivity index is 2.05. The third kappa shape index (κ3) is 2.34. The molecule has 104 valence electrons. The number of anilines is 1. The molecule has 0 spiro atoms. The van der Waals surface area contributed by atoms with Crippen molar-refractivity contribution >= 4 is 11.5 Å². The largest absolute Gasteiger partial charge is 0.433 e. The fourth-order valence-corrected chi connectivity index (χ4v) is 1.85. The first kappa shape index (κ1) is 12.9. The molecule has 2 aromatic heterocycles. The molecule has 1 aromatic carbocycles. The molecule has 0 aliphatic carbocycles. The van der Waals surface area contributed by atoms with Crippen molar-refractivity contribution in [2.75, 3.05) is 12.4 Å². The maximum atomic E-state index is 13.9. The van der Waals surface area contributed by atoms with Crippen LogP contribution in [-0.4, -0.2) is 21.4 Å². The number of benzene rings is 1. The zero-order valence-electron chi connectivity index (χ0n) is 11.0. The van der Waals surface area contributed by atoms with E-state index in [0.717, 1.165) is 6.07 Å². The molecule has 21 heavy (non-hydrogen) atoms. The lowest BCUT2D eigenvalue weighted by atomic mass is 10.2. The van der Waals surface area contributed by atoms with E-state index in [1.54, 1.807) is 30.0 Å². The molecule has 0 saturated heterocycles. The lowest BCUT2D eigenvalue weighted by Gasteiger charge is -2.09. The van der Waals surface area contributed by atoms with Gasteiger partial charge in [0.1, 0.15) is 5.82 Å². The summed E-state index contributed by atoms with van der Waals surface area (Å²) in [7, 11) is 1.72. The average molecular weight is 283 g/mol. The molecular formula is C14H10FN5O. The summed E-state index contributed by atoms with van der Waals surface area (Å²) in [4.78, 5) is 8.35. The van der Waals surface area contributed by atoms with Gasteiger partial charge in [0.05, 0.1) is 17.8 Å². The number of rotatable bonds is 3. The van der Waals surface area contributed by atoms with Gasteiger partial charge in [-0.05, 0) is 18.2 Å². The molecule has 0 radical (unpaired) electrons. The van der Waals surface area contributed by atoms with E-state index in [2.05, 4.69) is 15.3 Å². The van der Waals surface area contributed by atoms with Crippen LogP contribution >= 0.6 is 0 Å². The van der Waals surface area contributed by atoms with Crippen LogP contribution in [-0.2, 0) is 0 Å². The van der Waals surface area contributed by atoms with Crippen LogP contribution < -0.4 is 10.1 Å². The van der Waals surface area contributed by atoms with Gasteiger partial charge in [-0.25, -0.2) is 9.37 Å². The van der Waals surface area contributed by atoms with Crippen molar-refractivity contribution in [2.24, 2.45) is 0 Å². The van der Waals surface area contributed by atoms with Crippen LogP contribution in [0.3, 0.4) is 0 Å². The molecule has 1 N–H and O–H groups in total. The number of aromatic nitrogens is 3. The first-order valence-electron chi connectivity index (χ1n) is 6.10. The molecule has 0 aliphatic heterocycles. The summed E-state index contributed by atoms with van der Waals surface area (Å²) in [6, 6.07) is 5.84. The number of nitrogens with zero attached hydrogens (tertiary/aromatic N) is 4. The molecule has 6 nitrogen and oxygen atoms in total. The maximum Gasteiger partial charge on any atom is 0.265 e. The number of hydrogen-bond acceptors (Lipinski definition) is 5. The third-order valence-corrected chi connectivity index (χ3v) is 2.87. The van der Waals surface area contributed by atoms with Gasteiger partial charge in [0.15, 0.2) is 11.6 Å². The number of nitrogens with one attached hydrogen (secondary N) is 1. The third-order valence-electron chi connectivity index (χ3n) is 2.87. The van der Waals surface area contributed by atoms with Crippen LogP contribution in [0.1, 0.15) is 5.56 Å². The van der Waals surface area contributed by atoms with Gasteiger partial charge in [0.2, 0.25) is 5.65 Å². The van der Waals surface area contributed by atoms with Crippen molar-refractivity contribution < 1.29 is 9.13 Å². The number of imidazole rings is 1. The minimum Gasteiger partial charge on any atom is -0.433 e. The second-order valence-electron chi connectivity index (χ2n) is 4.20. The number of hydrogen-bond donors (Lipinski definition) is 1. The van der Waals surface area contributed by atoms with Gasteiger partial charge in [-0.2, -0.15) is 10.2 Å². The van der Waals surface area contributed by atoms with E-state index in [9.17, 15) is 4.39 Å². The minimum atomic E-state index is -0.629. The van der Waals surface area contributed by atoms with E-state index in [4.69, 9.17) is 10.00 Å². The standard InChI is InChI=1S/C14H10FN5O/c1-17-12-8-20-5-4-18-13(20)14(19-12)21-11-3-2-9(7-16)6-10(11)15/h2-6,8,17H,1H3. The van der Waals surface area contributed by atoms with E-state index in [0.29, 0.717) is 11.5 Å². The van der Waals surface area contributed by atoms with E-state index < -0.39 is 5.82 Å². The van der Waals surface area contributed by atoms with Gasteiger partial charge in [0.25, 0.3) is 5.88 Å². The molecule has 7 heteroatoms. The lowest BCUT2D eigenvalue weighted by Crippen LogP contribution is -2.00. The summed E-state index contributed by atoms with van der Waals surface area (Å²) in [5.74, 6) is 0.0927. The number of halogens is 1. The molecule has 0 amide bonds. The van der Waals surface area contributed by atoms with Crippen LogP contribution in [0.25, 0.3) is 5.65 Å². The van der Waals surface area contributed by atoms with Crippen LogP contribution in [0.2, 0.25) is 0 Å². The summed E-state index contributed by atoms with van der Waals surface area (Å²) in [6.45, 7) is 0. The van der Waals surface area contributed by atoms with Crippen LogP contribution in [0.4, 0.5) is 10.2 Å². The Bertz CT molecular complexity index is 852. The van der Waals surface area contributed by atoms with Crippen molar-refractivity contribution in [1.82, 2.24) is 14.4 Å². The molecule has 0 saturated carbocycles. The highest BCUT2D eigenvalue weighted by Crippen LogP contribution is 2.27. The van der Waals surface area contributed by atoms with Gasteiger partial charge in [-0.3, -0.25) is 4.40 Å². The topological polar surface area (TPSA) is 75.2 Å². The highest BCUT2D eigenvalue weighted by Gasteiger charge is 2.12. The monoisotopic (exact) mass is 283 g/mol. The average Bonchev–Trinajstić information content (AvgIpc) is 2.97. The smallest absolute Gasteiger partial charge is 0.265 e.